The molecule has 41 heavy (non-hydrogen) atoms. The van der Waals surface area contributed by atoms with Gasteiger partial charge in [-0.1, -0.05) is 6.92 Å². The molecule has 0 N–H and O–H groups in total. The third kappa shape index (κ3) is 5.06. The fourth-order valence-corrected chi connectivity index (χ4v) is 7.35. The van der Waals surface area contributed by atoms with Crippen molar-refractivity contribution in [3.8, 4) is 0 Å². The zero-order valence-electron chi connectivity index (χ0n) is 24.3. The molecule has 224 valence electrons. The normalized spacial score (nSPS) is 34.9. The number of nitrogens with zero attached hydrogens (tertiary/aromatic N) is 1. The number of rotatable bonds is 7. The first-order valence-electron chi connectivity index (χ1n) is 13.6. The van der Waals surface area contributed by atoms with E-state index in [1.165, 1.54) is 46.2 Å². The van der Waals surface area contributed by atoms with Crippen LogP contribution in [0, 0.1) is 17.3 Å². The summed E-state index contributed by atoms with van der Waals surface area (Å²) in [6, 6.07) is 3.07. The van der Waals surface area contributed by atoms with E-state index in [9.17, 15) is 24.0 Å². The predicted molar refractivity (Wildman–Crippen MR) is 139 cm³/mol. The lowest BCUT2D eigenvalue weighted by atomic mass is 9.47. The zero-order chi connectivity index (χ0) is 30.3. The second kappa shape index (κ2) is 11.0. The highest BCUT2D eigenvalue weighted by atomic mass is 16.6. The Morgan fingerprint density at radius 2 is 1.56 bits per heavy atom. The Morgan fingerprint density at radius 3 is 2.12 bits per heavy atom. The van der Waals surface area contributed by atoms with E-state index in [4.69, 9.17) is 28.4 Å². The molecule has 3 aliphatic rings. The van der Waals surface area contributed by atoms with E-state index >= 15 is 0 Å². The Balaban J connectivity index is 2.06. The fraction of sp³-hybridized carbons (Fsp3) is 0.655. The molecule has 3 fully saturated rings. The number of pyridine rings is 1. The van der Waals surface area contributed by atoms with Crippen LogP contribution in [0.25, 0.3) is 0 Å². The Bertz CT molecular complexity index is 1220. The highest BCUT2D eigenvalue weighted by molar-refractivity contribution is 5.89. The van der Waals surface area contributed by atoms with Gasteiger partial charge >= 0.3 is 29.8 Å². The highest BCUT2D eigenvalue weighted by Gasteiger charge is 2.84. The van der Waals surface area contributed by atoms with Gasteiger partial charge in [0.15, 0.2) is 6.10 Å². The van der Waals surface area contributed by atoms with Crippen molar-refractivity contribution in [1.29, 1.82) is 0 Å². The topological polar surface area (TPSA) is 154 Å². The minimum Gasteiger partial charge on any atom is -0.465 e. The van der Waals surface area contributed by atoms with Crippen molar-refractivity contribution in [2.45, 2.75) is 96.9 Å². The number of fused-ring (bicyclic) bond motifs is 1. The van der Waals surface area contributed by atoms with Crippen LogP contribution in [0.4, 0.5) is 0 Å². The number of carbonyl (C=O) groups is 5. The van der Waals surface area contributed by atoms with Crippen LogP contribution in [0.15, 0.2) is 24.5 Å². The molecule has 2 saturated carbocycles. The molecule has 4 rings (SSSR count). The van der Waals surface area contributed by atoms with E-state index in [1.807, 2.05) is 6.92 Å². The van der Waals surface area contributed by atoms with E-state index in [2.05, 4.69) is 4.98 Å². The highest BCUT2D eigenvalue weighted by Crippen LogP contribution is 2.68. The summed E-state index contributed by atoms with van der Waals surface area (Å²) >= 11 is 0. The van der Waals surface area contributed by atoms with E-state index in [1.54, 1.807) is 19.9 Å². The van der Waals surface area contributed by atoms with E-state index < -0.39 is 83.4 Å². The summed E-state index contributed by atoms with van der Waals surface area (Å²) in [6.07, 6.45) is -1.13. The lowest BCUT2D eigenvalue weighted by Gasteiger charge is -2.63. The number of aromatic nitrogens is 1. The lowest BCUT2D eigenvalue weighted by Crippen LogP contribution is -2.79. The first kappa shape index (κ1) is 30.4. The van der Waals surface area contributed by atoms with Crippen LogP contribution in [-0.4, -0.2) is 77.1 Å². The summed E-state index contributed by atoms with van der Waals surface area (Å²) in [4.78, 5) is 67.6. The molecule has 1 aromatic heterocycles. The van der Waals surface area contributed by atoms with Crippen LogP contribution in [-0.2, 0) is 47.6 Å². The fourth-order valence-electron chi connectivity index (χ4n) is 7.35. The van der Waals surface area contributed by atoms with Crippen LogP contribution < -0.4 is 0 Å². The minimum atomic E-state index is -1.66. The molecule has 2 bridgehead atoms. The summed E-state index contributed by atoms with van der Waals surface area (Å²) in [5.41, 5.74) is -4.14. The number of hydrogen-bond acceptors (Lipinski definition) is 12. The zero-order valence-corrected chi connectivity index (χ0v) is 24.3. The second-order valence-corrected chi connectivity index (χ2v) is 11.6. The van der Waals surface area contributed by atoms with Crippen molar-refractivity contribution in [2.24, 2.45) is 17.3 Å². The van der Waals surface area contributed by atoms with Gasteiger partial charge in [0.25, 0.3) is 0 Å². The molecule has 0 radical (unpaired) electrons. The first-order chi connectivity index (χ1) is 19.2. The Labute approximate surface area is 238 Å². The molecule has 2 heterocycles. The van der Waals surface area contributed by atoms with Gasteiger partial charge in [-0.25, -0.2) is 4.79 Å². The molecule has 1 aliphatic heterocycles. The summed E-state index contributed by atoms with van der Waals surface area (Å²) < 4.78 is 36.6. The van der Waals surface area contributed by atoms with Crippen LogP contribution >= 0.6 is 0 Å². The SMILES string of the molecule is CC(=O)OCC12C(OC(C)=O)CCC(C)C13OC(C)(C)C(C(OC(C)=O)C2OC(=O)c1cccnc1)C3OC(C)=O. The van der Waals surface area contributed by atoms with E-state index in [0.29, 0.717) is 6.42 Å². The van der Waals surface area contributed by atoms with Crippen molar-refractivity contribution in [1.82, 2.24) is 4.98 Å². The largest absolute Gasteiger partial charge is 0.465 e. The lowest BCUT2D eigenvalue weighted by molar-refractivity contribution is -0.314. The van der Waals surface area contributed by atoms with Crippen molar-refractivity contribution in [2.75, 3.05) is 6.61 Å². The van der Waals surface area contributed by atoms with Gasteiger partial charge in [0.1, 0.15) is 35.9 Å². The molecular weight excluding hydrogens is 538 g/mol. The maximum absolute atomic E-state index is 13.6. The molecule has 1 aromatic rings. The third-order valence-electron chi connectivity index (χ3n) is 8.59. The van der Waals surface area contributed by atoms with Crippen molar-refractivity contribution >= 4 is 29.8 Å². The van der Waals surface area contributed by atoms with Crippen LogP contribution in [0.2, 0.25) is 0 Å². The van der Waals surface area contributed by atoms with Gasteiger partial charge < -0.3 is 28.4 Å². The van der Waals surface area contributed by atoms with E-state index in [-0.39, 0.29) is 17.9 Å². The quantitative estimate of drug-likeness (QED) is 0.347. The van der Waals surface area contributed by atoms with Gasteiger partial charge in [0.05, 0.1) is 17.1 Å². The Kier molecular flexibility index (Phi) is 8.19. The summed E-state index contributed by atoms with van der Waals surface area (Å²) in [6.45, 7) is 9.89. The molecule has 1 saturated heterocycles. The van der Waals surface area contributed by atoms with Gasteiger partial charge in [-0.15, -0.1) is 0 Å². The smallest absolute Gasteiger partial charge is 0.340 e. The van der Waals surface area contributed by atoms with Gasteiger partial charge in [-0.05, 0) is 44.7 Å². The molecule has 0 amide bonds. The molecule has 1 spiro atoms. The summed E-state index contributed by atoms with van der Waals surface area (Å²) in [5.74, 6) is -4.57. The van der Waals surface area contributed by atoms with Crippen LogP contribution in [0.5, 0.6) is 0 Å². The monoisotopic (exact) mass is 575 g/mol. The van der Waals surface area contributed by atoms with Gasteiger partial charge in [0, 0.05) is 40.1 Å². The molecular formula is C29H37NO11. The molecule has 12 heteroatoms. The molecule has 8 atom stereocenters. The second-order valence-electron chi connectivity index (χ2n) is 11.6. The first-order valence-corrected chi connectivity index (χ1v) is 13.6. The average Bonchev–Trinajstić information content (AvgIpc) is 3.06. The average molecular weight is 576 g/mol. The maximum Gasteiger partial charge on any atom is 0.340 e. The number of esters is 5. The van der Waals surface area contributed by atoms with Gasteiger partial charge in [-0.2, -0.15) is 0 Å². The molecule has 8 unspecified atom stereocenters. The van der Waals surface area contributed by atoms with Gasteiger partial charge in [-0.3, -0.25) is 24.2 Å². The molecule has 2 aliphatic carbocycles. The van der Waals surface area contributed by atoms with E-state index in [0.717, 1.165) is 0 Å². The Morgan fingerprint density at radius 1 is 0.902 bits per heavy atom. The number of hydrogen-bond donors (Lipinski definition) is 0. The summed E-state index contributed by atoms with van der Waals surface area (Å²) in [5, 5.41) is 0. The Hall–Kier alpha value is -3.54. The van der Waals surface area contributed by atoms with Crippen molar-refractivity contribution in [3.05, 3.63) is 30.1 Å². The third-order valence-corrected chi connectivity index (χ3v) is 8.59. The molecule has 0 aromatic carbocycles. The number of carbonyl (C=O) groups excluding carboxylic acids is 5. The summed E-state index contributed by atoms with van der Waals surface area (Å²) in [7, 11) is 0. The van der Waals surface area contributed by atoms with Crippen LogP contribution in [0.3, 0.4) is 0 Å². The standard InChI is InChI=1S/C29H37NO11/c1-15-10-11-21(37-17(3)32)28(14-36-16(2)31)25(40-26(35)20-9-8-12-30-13-20)23(38-18(4)33)22-24(39-19(5)34)29(15,28)41-27(22,6)7/h8-9,12-13,15,21-25H,10-11,14H2,1-7H3. The van der Waals surface area contributed by atoms with Crippen molar-refractivity contribution < 1.29 is 52.4 Å². The predicted octanol–water partition coefficient (Wildman–Crippen LogP) is 2.56. The minimum absolute atomic E-state index is 0.119. The molecule has 12 nitrogen and oxygen atoms in total. The maximum atomic E-state index is 13.6. The van der Waals surface area contributed by atoms with Gasteiger partial charge in [0.2, 0.25) is 0 Å². The van der Waals surface area contributed by atoms with Crippen molar-refractivity contribution in [3.63, 3.8) is 0 Å². The number of ether oxygens (including phenoxy) is 6. The van der Waals surface area contributed by atoms with Crippen LogP contribution in [0.1, 0.15) is 71.7 Å².